The average Bonchev–Trinajstić information content (AvgIpc) is 2.25. The van der Waals surface area contributed by atoms with Crippen molar-refractivity contribution in [1.29, 1.82) is 0 Å². The van der Waals surface area contributed by atoms with Gasteiger partial charge in [-0.15, -0.1) is 0 Å². The maximum Gasteiger partial charge on any atom is 0.0234 e. The minimum atomic E-state index is 1.10. The van der Waals surface area contributed by atoms with Crippen LogP contribution in [0.3, 0.4) is 0 Å². The second-order valence-corrected chi connectivity index (χ2v) is 4.44. The first-order chi connectivity index (χ1) is 7.25. The molecule has 0 unspecified atom stereocenters. The molecule has 0 atom stereocenters. The van der Waals surface area contributed by atoms with Gasteiger partial charge in [-0.2, -0.15) is 0 Å². The second kappa shape index (κ2) is 4.77. The number of rotatable bonds is 2. The van der Waals surface area contributed by atoms with Crippen LogP contribution in [0.2, 0.25) is 0 Å². The van der Waals surface area contributed by atoms with Gasteiger partial charge in [-0.1, -0.05) is 18.2 Å². The van der Waals surface area contributed by atoms with E-state index in [0.29, 0.717) is 0 Å². The molecule has 1 N–H and O–H groups in total. The third kappa shape index (κ3) is 2.80. The molecule has 15 heavy (non-hydrogen) atoms. The maximum atomic E-state index is 3.38. The van der Waals surface area contributed by atoms with Crippen LogP contribution in [0.5, 0.6) is 0 Å². The van der Waals surface area contributed by atoms with Crippen molar-refractivity contribution in [3.8, 4) is 0 Å². The third-order valence-electron chi connectivity index (χ3n) is 3.19. The van der Waals surface area contributed by atoms with Gasteiger partial charge < -0.3 is 5.32 Å². The molecule has 1 aliphatic heterocycles. The first-order valence-corrected chi connectivity index (χ1v) is 5.75. The highest BCUT2D eigenvalue weighted by Gasteiger charge is 2.09. The summed E-state index contributed by atoms with van der Waals surface area (Å²) >= 11 is 0. The van der Waals surface area contributed by atoms with Gasteiger partial charge in [-0.3, -0.25) is 4.90 Å². The number of nitrogens with one attached hydrogen (secondary N) is 1. The summed E-state index contributed by atoms with van der Waals surface area (Å²) in [5.74, 6) is 0. The van der Waals surface area contributed by atoms with Crippen molar-refractivity contribution < 1.29 is 0 Å². The van der Waals surface area contributed by atoms with E-state index in [1.807, 2.05) is 0 Å². The van der Waals surface area contributed by atoms with E-state index in [0.717, 1.165) is 19.6 Å². The molecular weight excluding hydrogens is 184 g/mol. The van der Waals surface area contributed by atoms with Crippen LogP contribution in [0.25, 0.3) is 0 Å². The van der Waals surface area contributed by atoms with Gasteiger partial charge in [0.25, 0.3) is 0 Å². The predicted molar refractivity (Wildman–Crippen MR) is 64.1 cm³/mol. The summed E-state index contributed by atoms with van der Waals surface area (Å²) in [7, 11) is 0. The zero-order valence-corrected chi connectivity index (χ0v) is 9.71. The van der Waals surface area contributed by atoms with Gasteiger partial charge in [0.1, 0.15) is 0 Å². The summed E-state index contributed by atoms with van der Waals surface area (Å²) in [6, 6.07) is 6.80. The Morgan fingerprint density at radius 2 is 1.87 bits per heavy atom. The molecule has 1 aliphatic rings. The third-order valence-corrected chi connectivity index (χ3v) is 3.19. The van der Waals surface area contributed by atoms with E-state index in [1.165, 1.54) is 29.8 Å². The number of piperazine rings is 1. The van der Waals surface area contributed by atoms with Crippen molar-refractivity contribution in [2.24, 2.45) is 0 Å². The molecule has 1 saturated heterocycles. The largest absolute Gasteiger partial charge is 0.314 e. The molecule has 2 rings (SSSR count). The van der Waals surface area contributed by atoms with Crippen molar-refractivity contribution in [3.63, 3.8) is 0 Å². The van der Waals surface area contributed by atoms with E-state index in [9.17, 15) is 0 Å². The molecule has 0 spiro atoms. The zero-order chi connectivity index (χ0) is 10.7. The van der Waals surface area contributed by atoms with Crippen LogP contribution in [0.15, 0.2) is 18.2 Å². The molecule has 1 fully saturated rings. The molecule has 0 aliphatic carbocycles. The number of benzene rings is 1. The molecule has 1 aromatic rings. The Balaban J connectivity index is 2.00. The van der Waals surface area contributed by atoms with Crippen molar-refractivity contribution in [2.45, 2.75) is 20.4 Å². The summed E-state index contributed by atoms with van der Waals surface area (Å²) < 4.78 is 0. The van der Waals surface area contributed by atoms with Crippen LogP contribution in [0.4, 0.5) is 0 Å². The van der Waals surface area contributed by atoms with Gasteiger partial charge in [-0.05, 0) is 30.5 Å². The van der Waals surface area contributed by atoms with Gasteiger partial charge in [0.15, 0.2) is 0 Å². The molecular formula is C13H20N2. The fraction of sp³-hybridized carbons (Fsp3) is 0.538. The zero-order valence-electron chi connectivity index (χ0n) is 9.71. The first kappa shape index (κ1) is 10.7. The lowest BCUT2D eigenvalue weighted by molar-refractivity contribution is 0.233. The summed E-state index contributed by atoms with van der Waals surface area (Å²) in [5, 5.41) is 3.38. The molecule has 1 aromatic carbocycles. The lowest BCUT2D eigenvalue weighted by Gasteiger charge is -2.27. The highest BCUT2D eigenvalue weighted by atomic mass is 15.2. The molecule has 0 saturated carbocycles. The van der Waals surface area contributed by atoms with Gasteiger partial charge >= 0.3 is 0 Å². The van der Waals surface area contributed by atoms with Gasteiger partial charge in [0, 0.05) is 32.7 Å². The van der Waals surface area contributed by atoms with E-state index in [1.54, 1.807) is 0 Å². The van der Waals surface area contributed by atoms with E-state index in [4.69, 9.17) is 0 Å². The lowest BCUT2D eigenvalue weighted by Crippen LogP contribution is -2.42. The SMILES string of the molecule is Cc1ccc(CN2CCNCC2)cc1C. The van der Waals surface area contributed by atoms with Gasteiger partial charge in [0.05, 0.1) is 0 Å². The van der Waals surface area contributed by atoms with Crippen LogP contribution in [-0.4, -0.2) is 31.1 Å². The topological polar surface area (TPSA) is 15.3 Å². The standard InChI is InChI=1S/C13H20N2/c1-11-3-4-13(9-12(11)2)10-15-7-5-14-6-8-15/h3-4,9,14H,5-8,10H2,1-2H3. The summed E-state index contributed by atoms with van der Waals surface area (Å²) in [4.78, 5) is 2.51. The first-order valence-electron chi connectivity index (χ1n) is 5.75. The molecule has 0 radical (unpaired) electrons. The van der Waals surface area contributed by atoms with Crippen LogP contribution in [0, 0.1) is 13.8 Å². The fourth-order valence-corrected chi connectivity index (χ4v) is 2.03. The lowest BCUT2D eigenvalue weighted by atomic mass is 10.1. The molecule has 0 bridgehead atoms. The Bertz CT molecular complexity index is 327. The van der Waals surface area contributed by atoms with Crippen LogP contribution in [0.1, 0.15) is 16.7 Å². The Kier molecular flexibility index (Phi) is 3.39. The van der Waals surface area contributed by atoms with E-state index in [-0.39, 0.29) is 0 Å². The van der Waals surface area contributed by atoms with Gasteiger partial charge in [-0.25, -0.2) is 0 Å². The Labute approximate surface area is 92.3 Å². The van der Waals surface area contributed by atoms with E-state index >= 15 is 0 Å². The van der Waals surface area contributed by atoms with E-state index < -0.39 is 0 Å². The quantitative estimate of drug-likeness (QED) is 0.789. The minimum Gasteiger partial charge on any atom is -0.314 e. The number of hydrogen-bond acceptors (Lipinski definition) is 2. The molecule has 1 heterocycles. The van der Waals surface area contributed by atoms with Gasteiger partial charge in [0.2, 0.25) is 0 Å². The molecule has 0 aromatic heterocycles. The maximum absolute atomic E-state index is 3.38. The van der Waals surface area contributed by atoms with Crippen LogP contribution >= 0.6 is 0 Å². The minimum absolute atomic E-state index is 1.10. The van der Waals surface area contributed by atoms with Crippen molar-refractivity contribution >= 4 is 0 Å². The summed E-state index contributed by atoms with van der Waals surface area (Å²) in [6.07, 6.45) is 0. The fourth-order valence-electron chi connectivity index (χ4n) is 2.03. The summed E-state index contributed by atoms with van der Waals surface area (Å²) in [5.41, 5.74) is 4.24. The molecule has 2 nitrogen and oxygen atoms in total. The highest BCUT2D eigenvalue weighted by molar-refractivity contribution is 5.29. The van der Waals surface area contributed by atoms with Crippen molar-refractivity contribution in [2.75, 3.05) is 26.2 Å². The predicted octanol–water partition coefficient (Wildman–Crippen LogP) is 1.71. The van der Waals surface area contributed by atoms with Crippen LogP contribution < -0.4 is 5.32 Å². The van der Waals surface area contributed by atoms with Crippen molar-refractivity contribution in [1.82, 2.24) is 10.2 Å². The average molecular weight is 204 g/mol. The number of hydrogen-bond donors (Lipinski definition) is 1. The summed E-state index contributed by atoms with van der Waals surface area (Å²) in [6.45, 7) is 10.1. The van der Waals surface area contributed by atoms with Crippen molar-refractivity contribution in [3.05, 3.63) is 34.9 Å². The Hall–Kier alpha value is -0.860. The highest BCUT2D eigenvalue weighted by Crippen LogP contribution is 2.12. The number of nitrogens with zero attached hydrogens (tertiary/aromatic N) is 1. The second-order valence-electron chi connectivity index (χ2n) is 4.44. The monoisotopic (exact) mass is 204 g/mol. The smallest absolute Gasteiger partial charge is 0.0234 e. The van der Waals surface area contributed by atoms with E-state index in [2.05, 4.69) is 42.3 Å². The Morgan fingerprint density at radius 1 is 1.13 bits per heavy atom. The Morgan fingerprint density at radius 3 is 2.53 bits per heavy atom. The number of aryl methyl sites for hydroxylation is 2. The molecule has 2 heteroatoms. The normalized spacial score (nSPS) is 18.0. The molecule has 82 valence electrons. The molecule has 0 amide bonds. The van der Waals surface area contributed by atoms with Crippen LogP contribution in [-0.2, 0) is 6.54 Å².